The molecular weight excluding hydrogens is 348 g/mol. The highest BCUT2D eigenvalue weighted by atomic mass is 16.1. The second kappa shape index (κ2) is 13.9. The largest absolute Gasteiger partial charge is 0.399 e. The second-order valence-corrected chi connectivity index (χ2v) is 5.98. The molecule has 0 aromatic heterocycles. The monoisotopic (exact) mass is 378 g/mol. The van der Waals surface area contributed by atoms with Crippen LogP contribution in [-0.2, 0) is 0 Å². The van der Waals surface area contributed by atoms with E-state index in [2.05, 4.69) is 16.5 Å². The van der Waals surface area contributed by atoms with Crippen LogP contribution >= 0.6 is 0 Å². The first-order valence-electron chi connectivity index (χ1n) is 9.05. The lowest BCUT2D eigenvalue weighted by Crippen LogP contribution is -2.19. The maximum atomic E-state index is 10.2. The average molecular weight is 379 g/mol. The maximum Gasteiger partial charge on any atom is 0.150 e. The summed E-state index contributed by atoms with van der Waals surface area (Å²) in [4.78, 5) is 16.8. The van der Waals surface area contributed by atoms with Crippen LogP contribution in [0, 0.1) is 11.3 Å². The Morgan fingerprint density at radius 3 is 2.39 bits per heavy atom. The highest BCUT2D eigenvalue weighted by Gasteiger charge is 2.02. The number of nitrogens with zero attached hydrogens (tertiary/aromatic N) is 3. The van der Waals surface area contributed by atoms with Crippen molar-refractivity contribution >= 4 is 23.4 Å². The van der Waals surface area contributed by atoms with Crippen LogP contribution in [0.1, 0.15) is 42.3 Å². The molecule has 0 heterocycles. The summed E-state index contributed by atoms with van der Waals surface area (Å²) in [6.45, 7) is 10.6. The van der Waals surface area contributed by atoms with Crippen LogP contribution in [0.15, 0.2) is 60.1 Å². The van der Waals surface area contributed by atoms with Crippen molar-refractivity contribution in [1.29, 1.82) is 5.26 Å². The van der Waals surface area contributed by atoms with Gasteiger partial charge in [0.1, 0.15) is 6.29 Å². The molecule has 2 N–H and O–H groups in total. The van der Waals surface area contributed by atoms with Crippen molar-refractivity contribution in [3.05, 3.63) is 71.8 Å². The van der Waals surface area contributed by atoms with Crippen LogP contribution in [0.5, 0.6) is 0 Å². The maximum absolute atomic E-state index is 10.2. The van der Waals surface area contributed by atoms with Crippen LogP contribution in [0.4, 0.5) is 5.69 Å². The molecule has 0 bridgehead atoms. The first-order valence-corrected chi connectivity index (χ1v) is 9.05. The average Bonchev–Trinajstić information content (AvgIpc) is 2.69. The van der Waals surface area contributed by atoms with Gasteiger partial charge in [0.05, 0.1) is 17.3 Å². The Balaban J connectivity index is 0.000000520. The highest BCUT2D eigenvalue weighted by Crippen LogP contribution is 2.22. The summed E-state index contributed by atoms with van der Waals surface area (Å²) in [7, 11) is 4.04. The van der Waals surface area contributed by atoms with Crippen LogP contribution in [0.25, 0.3) is 5.70 Å². The van der Waals surface area contributed by atoms with Crippen molar-refractivity contribution in [1.82, 2.24) is 4.90 Å². The molecule has 0 spiro atoms. The van der Waals surface area contributed by atoms with Crippen LogP contribution < -0.4 is 5.73 Å². The molecule has 0 aliphatic carbocycles. The molecule has 0 unspecified atom stereocenters. The van der Waals surface area contributed by atoms with Gasteiger partial charge in [-0.25, -0.2) is 0 Å². The summed E-state index contributed by atoms with van der Waals surface area (Å²) in [5.41, 5.74) is 10.2. The summed E-state index contributed by atoms with van der Waals surface area (Å²) in [5.74, 6) is 0. The van der Waals surface area contributed by atoms with Crippen LogP contribution in [-0.4, -0.2) is 37.5 Å². The number of hydrogen-bond donors (Lipinski definition) is 1. The molecule has 0 fully saturated rings. The van der Waals surface area contributed by atoms with Gasteiger partial charge >= 0.3 is 0 Å². The van der Waals surface area contributed by atoms with Crippen molar-refractivity contribution in [2.24, 2.45) is 10.7 Å². The minimum Gasteiger partial charge on any atom is -0.399 e. The molecule has 28 heavy (non-hydrogen) atoms. The molecule has 0 radical (unpaired) electrons. The minimum absolute atomic E-state index is 0.518. The topological polar surface area (TPSA) is 82.5 Å². The van der Waals surface area contributed by atoms with Gasteiger partial charge in [-0.15, -0.1) is 0 Å². The molecule has 0 saturated carbocycles. The summed E-state index contributed by atoms with van der Waals surface area (Å²) < 4.78 is 0. The van der Waals surface area contributed by atoms with E-state index in [0.29, 0.717) is 16.8 Å². The highest BCUT2D eigenvalue weighted by molar-refractivity contribution is 5.88. The van der Waals surface area contributed by atoms with Gasteiger partial charge in [-0.1, -0.05) is 50.8 Å². The Bertz CT molecular complexity index is 832. The Hall–Kier alpha value is -3.23. The molecule has 2 aromatic rings. The molecule has 148 valence electrons. The van der Waals surface area contributed by atoms with Gasteiger partial charge in [-0.3, -0.25) is 9.79 Å². The predicted molar refractivity (Wildman–Crippen MR) is 119 cm³/mol. The number of nitriles is 1. The fraction of sp³-hybridized carbons (Fsp3) is 0.261. The number of carbonyl (C=O) groups is 1. The summed E-state index contributed by atoms with van der Waals surface area (Å²) in [5, 5.41) is 8.39. The SMILES string of the molecule is C=C(N)c1ccccc1N=C(C)CN(C)C.CC.N#Cc1cccc(C=O)c1. The third kappa shape index (κ3) is 9.46. The molecule has 5 nitrogen and oxygen atoms in total. The quantitative estimate of drug-likeness (QED) is 0.605. The molecule has 0 atom stereocenters. The molecule has 0 saturated heterocycles. The number of para-hydroxylation sites is 1. The standard InChI is InChI=1S/C13H19N3.C8H5NO.C2H6/c1-10(9-16(3)4)15-13-8-6-5-7-12(13)11(2)14;9-5-7-2-1-3-8(4-7)6-10;1-2/h5-8H,2,9,14H2,1,3-4H3;1-4,6H;1-2H3. The van der Waals surface area contributed by atoms with E-state index < -0.39 is 0 Å². The molecule has 0 aliphatic heterocycles. The first-order chi connectivity index (χ1) is 13.4. The van der Waals surface area contributed by atoms with Crippen LogP contribution in [0.2, 0.25) is 0 Å². The van der Waals surface area contributed by atoms with Gasteiger partial charge in [0.2, 0.25) is 0 Å². The zero-order chi connectivity index (χ0) is 21.5. The van der Waals surface area contributed by atoms with Crippen LogP contribution in [0.3, 0.4) is 0 Å². The van der Waals surface area contributed by atoms with E-state index in [0.717, 1.165) is 29.8 Å². The zero-order valence-electron chi connectivity index (χ0n) is 17.4. The summed E-state index contributed by atoms with van der Waals surface area (Å²) >= 11 is 0. The van der Waals surface area contributed by atoms with E-state index in [-0.39, 0.29) is 0 Å². The third-order valence-corrected chi connectivity index (χ3v) is 3.26. The Labute approximate surface area is 168 Å². The van der Waals surface area contributed by atoms with Gasteiger partial charge in [0.15, 0.2) is 0 Å². The normalized spacial score (nSPS) is 9.96. The number of rotatable bonds is 5. The lowest BCUT2D eigenvalue weighted by Gasteiger charge is -2.10. The van der Waals surface area contributed by atoms with Gasteiger partial charge in [0, 0.05) is 29.1 Å². The van der Waals surface area contributed by atoms with E-state index in [1.807, 2.05) is 65.2 Å². The van der Waals surface area contributed by atoms with Gasteiger partial charge in [0.25, 0.3) is 0 Å². The minimum atomic E-state index is 0.518. The Kier molecular flexibility index (Phi) is 12.3. The third-order valence-electron chi connectivity index (χ3n) is 3.26. The number of hydrogen-bond acceptors (Lipinski definition) is 5. The van der Waals surface area contributed by atoms with Gasteiger partial charge < -0.3 is 10.6 Å². The number of aliphatic imine (C=N–C) groups is 1. The van der Waals surface area contributed by atoms with Crippen molar-refractivity contribution in [2.45, 2.75) is 20.8 Å². The first kappa shape index (κ1) is 24.8. The van der Waals surface area contributed by atoms with E-state index in [1.165, 1.54) is 0 Å². The van der Waals surface area contributed by atoms with Crippen molar-refractivity contribution in [3.63, 3.8) is 0 Å². The lowest BCUT2D eigenvalue weighted by molar-refractivity contribution is 0.112. The lowest BCUT2D eigenvalue weighted by atomic mass is 10.1. The summed E-state index contributed by atoms with van der Waals surface area (Å²) in [6, 6.07) is 16.3. The molecule has 2 rings (SSSR count). The van der Waals surface area contributed by atoms with Crippen molar-refractivity contribution in [3.8, 4) is 6.07 Å². The van der Waals surface area contributed by atoms with E-state index in [1.54, 1.807) is 24.3 Å². The fourth-order valence-electron chi connectivity index (χ4n) is 2.22. The molecule has 0 aliphatic rings. The smallest absolute Gasteiger partial charge is 0.150 e. The zero-order valence-corrected chi connectivity index (χ0v) is 17.4. The van der Waals surface area contributed by atoms with Gasteiger partial charge in [-0.2, -0.15) is 5.26 Å². The number of nitrogens with two attached hydrogens (primary N) is 1. The van der Waals surface area contributed by atoms with Crippen molar-refractivity contribution < 1.29 is 4.79 Å². The number of carbonyl (C=O) groups excluding carboxylic acids is 1. The molecular formula is C23H30N4O. The van der Waals surface area contributed by atoms with E-state index in [9.17, 15) is 4.79 Å². The fourth-order valence-corrected chi connectivity index (χ4v) is 2.22. The predicted octanol–water partition coefficient (Wildman–Crippen LogP) is 4.67. The molecule has 2 aromatic carbocycles. The Morgan fingerprint density at radius 2 is 1.86 bits per heavy atom. The number of benzene rings is 2. The second-order valence-electron chi connectivity index (χ2n) is 5.98. The van der Waals surface area contributed by atoms with E-state index in [4.69, 9.17) is 11.0 Å². The van der Waals surface area contributed by atoms with Crippen molar-refractivity contribution in [2.75, 3.05) is 20.6 Å². The number of aldehydes is 1. The summed E-state index contributed by atoms with van der Waals surface area (Å²) in [6.07, 6.45) is 0.723. The van der Waals surface area contributed by atoms with Gasteiger partial charge in [-0.05, 0) is 39.2 Å². The van der Waals surface area contributed by atoms with E-state index >= 15 is 0 Å². The molecule has 0 amide bonds. The molecule has 5 heteroatoms. The Morgan fingerprint density at radius 1 is 1.21 bits per heavy atom.